The number of unbranched alkanes of at least 4 members (excludes halogenated alkanes) is 55. The highest BCUT2D eigenvalue weighted by molar-refractivity contribution is 7.47. The zero-order valence-corrected chi connectivity index (χ0v) is 68.5. The Morgan fingerprint density at radius 2 is 0.451 bits per heavy atom. The number of carbonyl (C=O) groups excluding carboxylic acids is 4. The van der Waals surface area contributed by atoms with E-state index in [9.17, 15) is 43.2 Å². The molecule has 0 fully saturated rings. The first kappa shape index (κ1) is 100. The minimum absolute atomic E-state index is 0.108. The highest BCUT2D eigenvalue weighted by Crippen LogP contribution is 2.45. The Labute approximate surface area is 626 Å². The van der Waals surface area contributed by atoms with E-state index in [0.717, 1.165) is 95.8 Å². The molecule has 0 heterocycles. The van der Waals surface area contributed by atoms with Crippen molar-refractivity contribution in [1.82, 2.24) is 0 Å². The monoisotopic (exact) mass is 1490 g/mol. The highest BCUT2D eigenvalue weighted by Gasteiger charge is 2.30. The van der Waals surface area contributed by atoms with Crippen LogP contribution < -0.4 is 0 Å². The van der Waals surface area contributed by atoms with Gasteiger partial charge in [0.2, 0.25) is 0 Å². The number of esters is 4. The second kappa shape index (κ2) is 75.9. The molecule has 0 aliphatic carbocycles. The van der Waals surface area contributed by atoms with Crippen LogP contribution in [0.3, 0.4) is 0 Å². The first-order chi connectivity index (χ1) is 49.5. The lowest BCUT2D eigenvalue weighted by atomic mass is 10.0. The number of hydrogen-bond acceptors (Lipinski definition) is 15. The summed E-state index contributed by atoms with van der Waals surface area (Å²) in [7, 11) is -9.92. The molecule has 0 aliphatic heterocycles. The second-order valence-electron chi connectivity index (χ2n) is 30.3. The maximum absolute atomic E-state index is 13.1. The van der Waals surface area contributed by atoms with Crippen LogP contribution in [-0.2, 0) is 65.4 Å². The molecule has 2 unspecified atom stereocenters. The van der Waals surface area contributed by atoms with Crippen LogP contribution in [0.5, 0.6) is 0 Å². The SMILES string of the molecule is CCCCCCCCCCCCCCCCCCCCCC(=O)O[C@H](COC(=O)CCCCCCCCCCCCCCCCCC(C)C)COP(=O)(O)OC[C@@H](O)COP(=O)(O)OC[C@@H](COC(=O)CCCCCCCCCCCCCC)OC(=O)CCCCCCCCCCCCCCC. The van der Waals surface area contributed by atoms with Gasteiger partial charge in [-0.25, -0.2) is 9.13 Å². The molecule has 5 atom stereocenters. The Hall–Kier alpha value is -1.94. The van der Waals surface area contributed by atoms with Crippen molar-refractivity contribution in [3.8, 4) is 0 Å². The lowest BCUT2D eigenvalue weighted by Gasteiger charge is -2.21. The molecular weight excluding hydrogens is 1330 g/mol. The van der Waals surface area contributed by atoms with Crippen LogP contribution in [0.4, 0.5) is 0 Å². The van der Waals surface area contributed by atoms with Gasteiger partial charge in [-0.2, -0.15) is 0 Å². The topological polar surface area (TPSA) is 237 Å². The first-order valence-corrected chi connectivity index (χ1v) is 46.1. The number of rotatable bonds is 83. The molecular formula is C83H162O17P2. The fourth-order valence-electron chi connectivity index (χ4n) is 12.9. The minimum Gasteiger partial charge on any atom is -0.462 e. The lowest BCUT2D eigenvalue weighted by Crippen LogP contribution is -2.30. The van der Waals surface area contributed by atoms with Crippen molar-refractivity contribution in [1.29, 1.82) is 0 Å². The summed E-state index contributed by atoms with van der Waals surface area (Å²) in [5, 5.41) is 10.7. The number of phosphoric acid groups is 2. The molecule has 0 aromatic carbocycles. The normalized spacial score (nSPS) is 13.8. The molecule has 17 nitrogen and oxygen atoms in total. The zero-order valence-electron chi connectivity index (χ0n) is 66.8. The van der Waals surface area contributed by atoms with Crippen LogP contribution >= 0.6 is 15.6 Å². The Morgan fingerprint density at radius 3 is 0.667 bits per heavy atom. The van der Waals surface area contributed by atoms with E-state index in [1.807, 2.05) is 0 Å². The summed E-state index contributed by atoms with van der Waals surface area (Å²) in [4.78, 5) is 73.1. The van der Waals surface area contributed by atoms with Gasteiger partial charge < -0.3 is 33.8 Å². The molecule has 0 bridgehead atoms. The van der Waals surface area contributed by atoms with E-state index in [2.05, 4.69) is 34.6 Å². The largest absolute Gasteiger partial charge is 0.472 e. The van der Waals surface area contributed by atoms with Crippen molar-refractivity contribution in [2.75, 3.05) is 39.6 Å². The molecule has 0 amide bonds. The quantitative estimate of drug-likeness (QED) is 0.0222. The van der Waals surface area contributed by atoms with E-state index < -0.39 is 97.5 Å². The van der Waals surface area contributed by atoms with E-state index in [4.69, 9.17) is 37.0 Å². The van der Waals surface area contributed by atoms with Gasteiger partial charge in [-0.3, -0.25) is 37.3 Å². The third-order valence-electron chi connectivity index (χ3n) is 19.5. The third-order valence-corrected chi connectivity index (χ3v) is 21.4. The van der Waals surface area contributed by atoms with Gasteiger partial charge in [0.25, 0.3) is 0 Å². The molecule has 19 heteroatoms. The average Bonchev–Trinajstić information content (AvgIpc) is 0.921. The maximum atomic E-state index is 13.1. The molecule has 0 aromatic rings. The van der Waals surface area contributed by atoms with Crippen molar-refractivity contribution >= 4 is 39.5 Å². The molecule has 606 valence electrons. The van der Waals surface area contributed by atoms with Crippen LogP contribution in [0, 0.1) is 5.92 Å². The van der Waals surface area contributed by atoms with Gasteiger partial charge in [0.15, 0.2) is 12.2 Å². The molecule has 102 heavy (non-hydrogen) atoms. The van der Waals surface area contributed by atoms with Crippen LogP contribution in [0.25, 0.3) is 0 Å². The molecule has 0 saturated carbocycles. The van der Waals surface area contributed by atoms with Gasteiger partial charge in [-0.1, -0.05) is 394 Å². The number of aliphatic hydroxyl groups is 1. The van der Waals surface area contributed by atoms with Crippen molar-refractivity contribution in [2.45, 2.75) is 464 Å². The standard InChI is InChI=1S/C83H162O17P2/c1-6-9-12-15-18-21-24-27-28-29-30-31-34-39-44-49-54-59-64-69-83(88)100-79(73-94-81(86)67-62-57-52-47-42-38-35-32-33-37-40-45-50-55-60-65-76(4)5)75-98-102(91,92)96-71-77(84)70-95-101(89,90)97-74-78(72-93-80(85)66-61-56-51-46-41-26-23-20-17-14-11-8-3)99-82(87)68-63-58-53-48-43-36-25-22-19-16-13-10-7-2/h76-79,84H,6-75H2,1-5H3,(H,89,90)(H,91,92)/t77-,78+,79+/m0/s1. The molecule has 0 radical (unpaired) electrons. The van der Waals surface area contributed by atoms with Gasteiger partial charge in [0, 0.05) is 25.7 Å². The minimum atomic E-state index is -4.96. The van der Waals surface area contributed by atoms with Crippen LogP contribution in [0.2, 0.25) is 0 Å². The second-order valence-corrected chi connectivity index (χ2v) is 33.3. The predicted octanol–water partition coefficient (Wildman–Crippen LogP) is 25.2. The van der Waals surface area contributed by atoms with Crippen LogP contribution in [0.15, 0.2) is 0 Å². The van der Waals surface area contributed by atoms with Crippen LogP contribution in [-0.4, -0.2) is 96.7 Å². The van der Waals surface area contributed by atoms with E-state index in [1.54, 1.807) is 0 Å². The van der Waals surface area contributed by atoms with Gasteiger partial charge >= 0.3 is 39.5 Å². The van der Waals surface area contributed by atoms with Crippen molar-refractivity contribution in [3.05, 3.63) is 0 Å². The van der Waals surface area contributed by atoms with E-state index in [0.29, 0.717) is 25.7 Å². The fourth-order valence-corrected chi connectivity index (χ4v) is 14.5. The summed E-state index contributed by atoms with van der Waals surface area (Å²) < 4.78 is 68.8. The van der Waals surface area contributed by atoms with Gasteiger partial charge in [0.05, 0.1) is 26.4 Å². The summed E-state index contributed by atoms with van der Waals surface area (Å²) in [5.74, 6) is -1.29. The first-order valence-electron chi connectivity index (χ1n) is 43.1. The van der Waals surface area contributed by atoms with Crippen LogP contribution in [0.1, 0.15) is 446 Å². The summed E-state index contributed by atoms with van der Waals surface area (Å²) in [6.45, 7) is 7.38. The Kier molecular flexibility index (Phi) is 74.4. The summed E-state index contributed by atoms with van der Waals surface area (Å²) >= 11 is 0. The number of ether oxygens (including phenoxy) is 4. The van der Waals surface area contributed by atoms with Gasteiger partial charge in [0.1, 0.15) is 19.3 Å². The van der Waals surface area contributed by atoms with E-state index in [1.165, 1.54) is 270 Å². The summed E-state index contributed by atoms with van der Waals surface area (Å²) in [5.41, 5.74) is 0. The molecule has 3 N–H and O–H groups in total. The summed E-state index contributed by atoms with van der Waals surface area (Å²) in [6.07, 6.45) is 67.9. The zero-order chi connectivity index (χ0) is 74.8. The molecule has 0 rings (SSSR count). The summed E-state index contributed by atoms with van der Waals surface area (Å²) in [6, 6.07) is 0. The molecule has 0 aliphatic rings. The van der Waals surface area contributed by atoms with Crippen molar-refractivity contribution in [2.24, 2.45) is 5.92 Å². The highest BCUT2D eigenvalue weighted by atomic mass is 31.2. The van der Waals surface area contributed by atoms with Crippen molar-refractivity contribution < 1.29 is 80.2 Å². The fraction of sp³-hybridized carbons (Fsp3) is 0.952. The number of phosphoric ester groups is 2. The number of aliphatic hydroxyl groups excluding tert-OH is 1. The Morgan fingerprint density at radius 1 is 0.265 bits per heavy atom. The third kappa shape index (κ3) is 76.3. The van der Waals surface area contributed by atoms with E-state index in [-0.39, 0.29) is 25.7 Å². The lowest BCUT2D eigenvalue weighted by molar-refractivity contribution is -0.161. The number of hydrogen-bond donors (Lipinski definition) is 3. The molecule has 0 spiro atoms. The molecule has 0 aromatic heterocycles. The predicted molar refractivity (Wildman–Crippen MR) is 418 cm³/mol. The Bertz CT molecular complexity index is 1940. The smallest absolute Gasteiger partial charge is 0.462 e. The van der Waals surface area contributed by atoms with Gasteiger partial charge in [-0.15, -0.1) is 0 Å². The number of carbonyl (C=O) groups is 4. The Balaban J connectivity index is 5.24. The van der Waals surface area contributed by atoms with E-state index >= 15 is 0 Å². The molecule has 0 saturated heterocycles. The van der Waals surface area contributed by atoms with Gasteiger partial charge in [-0.05, 0) is 31.6 Å². The maximum Gasteiger partial charge on any atom is 0.472 e. The van der Waals surface area contributed by atoms with Crippen molar-refractivity contribution in [3.63, 3.8) is 0 Å². The average molecular weight is 1490 g/mol.